The number of tetrazole rings is 1. The molecule has 0 amide bonds. The quantitative estimate of drug-likeness (QED) is 0.345. The SMILES string of the molecule is CC[C@H](c1nnnn1Cc1ccc(F)cc1)N(Cc1cc2ccc(OC)cc2[nH]c1=O)C1CCCCC1. The van der Waals surface area contributed by atoms with Crippen molar-refractivity contribution in [2.75, 3.05) is 7.11 Å². The largest absolute Gasteiger partial charge is 0.497 e. The van der Waals surface area contributed by atoms with Gasteiger partial charge in [0.1, 0.15) is 11.6 Å². The highest BCUT2D eigenvalue weighted by atomic mass is 19.1. The first-order valence-corrected chi connectivity index (χ1v) is 13.0. The molecule has 1 atom stereocenters. The van der Waals surface area contributed by atoms with Gasteiger partial charge in [-0.1, -0.05) is 38.3 Å². The maximum Gasteiger partial charge on any atom is 0.252 e. The van der Waals surface area contributed by atoms with E-state index in [1.807, 2.05) is 24.3 Å². The van der Waals surface area contributed by atoms with Crippen LogP contribution in [0.4, 0.5) is 4.39 Å². The number of rotatable bonds is 9. The third-order valence-corrected chi connectivity index (χ3v) is 7.42. The first-order chi connectivity index (χ1) is 18.1. The molecular formula is C28H33FN6O2. The number of methoxy groups -OCH3 is 1. The molecule has 2 aromatic carbocycles. The highest BCUT2D eigenvalue weighted by Gasteiger charge is 2.32. The van der Waals surface area contributed by atoms with Gasteiger partial charge < -0.3 is 9.72 Å². The van der Waals surface area contributed by atoms with Crippen LogP contribution in [0.3, 0.4) is 0 Å². The third kappa shape index (κ3) is 5.56. The molecule has 194 valence electrons. The molecule has 1 saturated carbocycles. The zero-order chi connectivity index (χ0) is 25.8. The molecule has 0 aliphatic heterocycles. The smallest absolute Gasteiger partial charge is 0.252 e. The molecule has 0 bridgehead atoms. The van der Waals surface area contributed by atoms with Gasteiger partial charge in [-0.3, -0.25) is 9.69 Å². The summed E-state index contributed by atoms with van der Waals surface area (Å²) in [5, 5.41) is 13.7. The van der Waals surface area contributed by atoms with Crippen molar-refractivity contribution < 1.29 is 9.13 Å². The number of fused-ring (bicyclic) bond motifs is 1. The van der Waals surface area contributed by atoms with Crippen LogP contribution in [-0.2, 0) is 13.1 Å². The van der Waals surface area contributed by atoms with E-state index >= 15 is 0 Å². The molecule has 37 heavy (non-hydrogen) atoms. The van der Waals surface area contributed by atoms with Crippen molar-refractivity contribution in [3.05, 3.63) is 81.7 Å². The summed E-state index contributed by atoms with van der Waals surface area (Å²) in [5.41, 5.74) is 2.31. The number of aromatic amines is 1. The van der Waals surface area contributed by atoms with E-state index in [0.717, 1.165) is 47.1 Å². The number of hydrogen-bond donors (Lipinski definition) is 1. The average Bonchev–Trinajstić information content (AvgIpc) is 3.38. The zero-order valence-electron chi connectivity index (χ0n) is 21.4. The van der Waals surface area contributed by atoms with Crippen molar-refractivity contribution in [1.82, 2.24) is 30.1 Å². The number of nitrogens with one attached hydrogen (secondary N) is 1. The van der Waals surface area contributed by atoms with Gasteiger partial charge in [-0.2, -0.15) is 0 Å². The van der Waals surface area contributed by atoms with E-state index in [0.29, 0.717) is 24.9 Å². The highest BCUT2D eigenvalue weighted by Crippen LogP contribution is 2.33. The minimum Gasteiger partial charge on any atom is -0.497 e. The molecule has 8 nitrogen and oxygen atoms in total. The number of H-pyrrole nitrogens is 1. The summed E-state index contributed by atoms with van der Waals surface area (Å²) < 4.78 is 20.5. The van der Waals surface area contributed by atoms with E-state index in [-0.39, 0.29) is 17.4 Å². The summed E-state index contributed by atoms with van der Waals surface area (Å²) in [7, 11) is 1.62. The molecule has 9 heteroatoms. The van der Waals surface area contributed by atoms with E-state index in [2.05, 4.69) is 32.3 Å². The Kier molecular flexibility index (Phi) is 7.60. The van der Waals surface area contributed by atoms with Gasteiger partial charge in [0.05, 0.1) is 25.2 Å². The maximum absolute atomic E-state index is 13.4. The predicted octanol–water partition coefficient (Wildman–Crippen LogP) is 5.00. The van der Waals surface area contributed by atoms with Crippen LogP contribution in [0.1, 0.15) is 68.4 Å². The second-order valence-electron chi connectivity index (χ2n) is 9.79. The van der Waals surface area contributed by atoms with Crippen molar-refractivity contribution in [1.29, 1.82) is 0 Å². The number of pyridine rings is 1. The minimum atomic E-state index is -0.269. The normalized spacial score (nSPS) is 15.4. The second-order valence-corrected chi connectivity index (χ2v) is 9.79. The fourth-order valence-corrected chi connectivity index (χ4v) is 5.46. The summed E-state index contributed by atoms with van der Waals surface area (Å²) in [4.78, 5) is 18.7. The lowest BCUT2D eigenvalue weighted by molar-refractivity contribution is 0.0844. The van der Waals surface area contributed by atoms with Crippen LogP contribution >= 0.6 is 0 Å². The molecule has 1 fully saturated rings. The lowest BCUT2D eigenvalue weighted by Crippen LogP contribution is -2.41. The molecule has 1 N–H and O–H groups in total. The lowest BCUT2D eigenvalue weighted by Gasteiger charge is -2.39. The van der Waals surface area contributed by atoms with E-state index in [1.165, 1.54) is 31.4 Å². The topological polar surface area (TPSA) is 88.9 Å². The molecule has 1 aliphatic rings. The number of nitrogens with zero attached hydrogens (tertiary/aromatic N) is 5. The van der Waals surface area contributed by atoms with Gasteiger partial charge in [-0.25, -0.2) is 9.07 Å². The molecule has 1 aliphatic carbocycles. The molecule has 4 aromatic rings. The van der Waals surface area contributed by atoms with Crippen molar-refractivity contribution in [3.8, 4) is 5.75 Å². The molecule has 0 spiro atoms. The average molecular weight is 505 g/mol. The maximum atomic E-state index is 13.4. The molecule has 0 saturated heterocycles. The van der Waals surface area contributed by atoms with Crippen LogP contribution in [0.2, 0.25) is 0 Å². The monoisotopic (exact) mass is 504 g/mol. The number of ether oxygens (including phenoxy) is 1. The summed E-state index contributed by atoms with van der Waals surface area (Å²) in [5.74, 6) is 1.20. The summed E-state index contributed by atoms with van der Waals surface area (Å²) >= 11 is 0. The van der Waals surface area contributed by atoms with E-state index in [9.17, 15) is 9.18 Å². The Hall–Kier alpha value is -3.59. The highest BCUT2D eigenvalue weighted by molar-refractivity contribution is 5.80. The number of aromatic nitrogens is 5. The van der Waals surface area contributed by atoms with Crippen molar-refractivity contribution in [2.45, 2.75) is 70.6 Å². The molecule has 0 unspecified atom stereocenters. The zero-order valence-corrected chi connectivity index (χ0v) is 21.4. The molecule has 0 radical (unpaired) electrons. The van der Waals surface area contributed by atoms with Crippen LogP contribution in [0.15, 0.2) is 53.3 Å². The van der Waals surface area contributed by atoms with E-state index < -0.39 is 0 Å². The second kappa shape index (κ2) is 11.2. The Morgan fingerprint density at radius 1 is 1.14 bits per heavy atom. The van der Waals surface area contributed by atoms with E-state index in [4.69, 9.17) is 4.74 Å². The van der Waals surface area contributed by atoms with Gasteiger partial charge >= 0.3 is 0 Å². The third-order valence-electron chi connectivity index (χ3n) is 7.42. The van der Waals surface area contributed by atoms with Gasteiger partial charge in [0, 0.05) is 24.2 Å². The number of benzene rings is 2. The summed E-state index contributed by atoms with van der Waals surface area (Å²) in [6.07, 6.45) is 6.54. The van der Waals surface area contributed by atoms with Gasteiger partial charge in [-0.05, 0) is 71.0 Å². The Bertz CT molecular complexity index is 1390. The Morgan fingerprint density at radius 3 is 2.65 bits per heavy atom. The first kappa shape index (κ1) is 25.1. The standard InChI is InChI=1S/C28H33FN6O2/c1-3-26(27-31-32-33-35(27)17-19-9-12-22(29)13-10-19)34(23-7-5-4-6-8-23)18-21-15-20-11-14-24(37-2)16-25(20)30-28(21)36/h9-16,23,26H,3-8,17-18H2,1-2H3,(H,30,36)/t26-/m1/s1. The first-order valence-electron chi connectivity index (χ1n) is 13.0. The molecule has 2 aromatic heterocycles. The Morgan fingerprint density at radius 2 is 1.92 bits per heavy atom. The van der Waals surface area contributed by atoms with Crippen LogP contribution in [0, 0.1) is 5.82 Å². The van der Waals surface area contributed by atoms with Gasteiger partial charge in [0.25, 0.3) is 5.56 Å². The number of halogens is 1. The Labute approximate surface area is 215 Å². The van der Waals surface area contributed by atoms with Crippen molar-refractivity contribution in [3.63, 3.8) is 0 Å². The van der Waals surface area contributed by atoms with Crippen LogP contribution < -0.4 is 10.3 Å². The van der Waals surface area contributed by atoms with Gasteiger partial charge in [0.15, 0.2) is 5.82 Å². The number of hydrogen-bond acceptors (Lipinski definition) is 6. The Balaban J connectivity index is 1.49. The molecular weight excluding hydrogens is 471 g/mol. The van der Waals surface area contributed by atoms with Gasteiger partial charge in [-0.15, -0.1) is 5.10 Å². The molecule has 5 rings (SSSR count). The van der Waals surface area contributed by atoms with Crippen LogP contribution in [0.5, 0.6) is 5.75 Å². The minimum absolute atomic E-state index is 0.0653. The summed E-state index contributed by atoms with van der Waals surface area (Å²) in [6, 6.07) is 14.4. The van der Waals surface area contributed by atoms with Crippen molar-refractivity contribution in [2.24, 2.45) is 0 Å². The predicted molar refractivity (Wildman–Crippen MR) is 140 cm³/mol. The van der Waals surface area contributed by atoms with Crippen LogP contribution in [0.25, 0.3) is 10.9 Å². The van der Waals surface area contributed by atoms with E-state index in [1.54, 1.807) is 23.9 Å². The van der Waals surface area contributed by atoms with Crippen LogP contribution in [-0.4, -0.2) is 43.2 Å². The lowest BCUT2D eigenvalue weighted by atomic mass is 9.92. The summed E-state index contributed by atoms with van der Waals surface area (Å²) in [6.45, 7) is 3.09. The van der Waals surface area contributed by atoms with Gasteiger partial charge in [0.2, 0.25) is 0 Å². The molecule has 2 heterocycles. The van der Waals surface area contributed by atoms with Crippen molar-refractivity contribution >= 4 is 10.9 Å². The fraction of sp³-hybridized carbons (Fsp3) is 0.429. The fourth-order valence-electron chi connectivity index (χ4n) is 5.46.